The van der Waals surface area contributed by atoms with E-state index in [0.717, 1.165) is 11.4 Å². The first-order valence-electron chi connectivity index (χ1n) is 8.42. The number of aromatic nitrogens is 6. The van der Waals surface area contributed by atoms with Gasteiger partial charge in [0.15, 0.2) is 12.4 Å². The predicted octanol–water partition coefficient (Wildman–Crippen LogP) is 2.22. The van der Waals surface area contributed by atoms with Crippen molar-refractivity contribution in [3.8, 4) is 11.5 Å². The van der Waals surface area contributed by atoms with E-state index in [1.54, 1.807) is 4.52 Å². The lowest BCUT2D eigenvalue weighted by atomic mass is 10.2. The first-order valence-corrected chi connectivity index (χ1v) is 8.42. The molecule has 0 aliphatic carbocycles. The summed E-state index contributed by atoms with van der Waals surface area (Å²) in [5.74, 6) is 0.263. The van der Waals surface area contributed by atoms with Gasteiger partial charge in [-0.2, -0.15) is 9.97 Å². The van der Waals surface area contributed by atoms with E-state index < -0.39 is 5.97 Å². The number of hydrogen-bond acceptors (Lipinski definition) is 8. The third kappa shape index (κ3) is 3.70. The molecule has 10 heteroatoms. The zero-order chi connectivity index (χ0) is 19.7. The number of rotatable bonds is 5. The normalized spacial score (nSPS) is 11.1. The molecule has 0 fully saturated rings. The van der Waals surface area contributed by atoms with Gasteiger partial charge in [0.1, 0.15) is 12.2 Å². The summed E-state index contributed by atoms with van der Waals surface area (Å²) in [5.41, 5.74) is 2.26. The van der Waals surface area contributed by atoms with Crippen molar-refractivity contribution >= 4 is 11.7 Å². The molecule has 0 bridgehead atoms. The molecule has 0 aliphatic heterocycles. The van der Waals surface area contributed by atoms with Crippen LogP contribution in [0.4, 0.5) is 4.39 Å². The molecular weight excluding hydrogens is 367 g/mol. The molecule has 0 atom stereocenters. The quantitative estimate of drug-likeness (QED) is 0.484. The molecule has 0 radical (unpaired) electrons. The SMILES string of the molecule is Cc1cc(C)n2nc(CC(=O)OCc3noc(-c4ccc(F)cc4)n3)nc2n1. The molecule has 0 N–H and O–H groups in total. The van der Waals surface area contributed by atoms with Gasteiger partial charge in [-0.25, -0.2) is 13.9 Å². The molecule has 9 nitrogen and oxygen atoms in total. The Morgan fingerprint density at radius 1 is 1.14 bits per heavy atom. The summed E-state index contributed by atoms with van der Waals surface area (Å²) in [6.07, 6.45) is -0.107. The molecule has 0 unspecified atom stereocenters. The van der Waals surface area contributed by atoms with Crippen LogP contribution in [0.3, 0.4) is 0 Å². The number of esters is 1. The zero-order valence-electron chi connectivity index (χ0n) is 15.1. The third-order valence-electron chi connectivity index (χ3n) is 3.89. The van der Waals surface area contributed by atoms with Crippen LogP contribution in [0.15, 0.2) is 34.9 Å². The van der Waals surface area contributed by atoms with E-state index in [1.165, 1.54) is 24.3 Å². The maximum atomic E-state index is 13.0. The van der Waals surface area contributed by atoms with Crippen LogP contribution in [0, 0.1) is 19.7 Å². The van der Waals surface area contributed by atoms with E-state index in [2.05, 4.69) is 25.2 Å². The van der Waals surface area contributed by atoms with Gasteiger partial charge in [0.05, 0.1) is 0 Å². The van der Waals surface area contributed by atoms with Gasteiger partial charge < -0.3 is 9.26 Å². The average molecular weight is 382 g/mol. The van der Waals surface area contributed by atoms with Crippen LogP contribution >= 0.6 is 0 Å². The third-order valence-corrected chi connectivity index (χ3v) is 3.89. The highest BCUT2D eigenvalue weighted by molar-refractivity contribution is 5.71. The van der Waals surface area contributed by atoms with E-state index in [-0.39, 0.29) is 30.6 Å². The molecule has 0 saturated carbocycles. The number of halogens is 1. The van der Waals surface area contributed by atoms with Gasteiger partial charge >= 0.3 is 5.97 Å². The number of carbonyl (C=O) groups excluding carboxylic acids is 1. The van der Waals surface area contributed by atoms with Gasteiger partial charge in [-0.15, -0.1) is 5.10 Å². The monoisotopic (exact) mass is 382 g/mol. The number of ether oxygens (including phenoxy) is 1. The van der Waals surface area contributed by atoms with Gasteiger partial charge in [0, 0.05) is 17.0 Å². The number of nitrogens with zero attached hydrogens (tertiary/aromatic N) is 6. The average Bonchev–Trinajstić information content (AvgIpc) is 3.27. The summed E-state index contributed by atoms with van der Waals surface area (Å²) in [6.45, 7) is 3.58. The Kier molecular flexibility index (Phi) is 4.52. The number of benzene rings is 1. The molecule has 0 amide bonds. The highest BCUT2D eigenvalue weighted by Crippen LogP contribution is 2.17. The predicted molar refractivity (Wildman–Crippen MR) is 93.4 cm³/mol. The van der Waals surface area contributed by atoms with E-state index in [4.69, 9.17) is 9.26 Å². The van der Waals surface area contributed by atoms with Gasteiger partial charge in [-0.3, -0.25) is 4.79 Å². The Morgan fingerprint density at radius 3 is 2.71 bits per heavy atom. The Labute approximate surface area is 158 Å². The number of fused-ring (bicyclic) bond motifs is 1. The lowest BCUT2D eigenvalue weighted by Crippen LogP contribution is -2.10. The van der Waals surface area contributed by atoms with E-state index in [9.17, 15) is 9.18 Å². The largest absolute Gasteiger partial charge is 0.457 e. The van der Waals surface area contributed by atoms with Gasteiger partial charge in [-0.1, -0.05) is 5.16 Å². The fourth-order valence-corrected chi connectivity index (χ4v) is 2.63. The maximum Gasteiger partial charge on any atom is 0.314 e. The van der Waals surface area contributed by atoms with Crippen molar-refractivity contribution in [3.63, 3.8) is 0 Å². The van der Waals surface area contributed by atoms with E-state index in [0.29, 0.717) is 17.2 Å². The first kappa shape index (κ1) is 17.7. The molecule has 0 spiro atoms. The van der Waals surface area contributed by atoms with Crippen molar-refractivity contribution in [2.24, 2.45) is 0 Å². The molecule has 0 saturated heterocycles. The Hall–Kier alpha value is -3.69. The van der Waals surface area contributed by atoms with Crippen molar-refractivity contribution in [2.75, 3.05) is 0 Å². The summed E-state index contributed by atoms with van der Waals surface area (Å²) in [6, 6.07) is 7.49. The lowest BCUT2D eigenvalue weighted by Gasteiger charge is -1.99. The number of carbonyl (C=O) groups is 1. The van der Waals surface area contributed by atoms with Crippen LogP contribution in [0.5, 0.6) is 0 Å². The maximum absolute atomic E-state index is 13.0. The van der Waals surface area contributed by atoms with Crippen molar-refractivity contribution < 1.29 is 18.4 Å². The summed E-state index contributed by atoms with van der Waals surface area (Å²) in [4.78, 5) is 24.7. The molecular formula is C18H15FN6O3. The molecule has 3 aromatic heterocycles. The molecule has 4 rings (SSSR count). The second-order valence-electron chi connectivity index (χ2n) is 6.14. The summed E-state index contributed by atoms with van der Waals surface area (Å²) in [5, 5.41) is 8.01. The molecule has 142 valence electrons. The highest BCUT2D eigenvalue weighted by Gasteiger charge is 2.15. The van der Waals surface area contributed by atoms with Crippen LogP contribution < -0.4 is 0 Å². The number of aryl methyl sites for hydroxylation is 2. The second-order valence-corrected chi connectivity index (χ2v) is 6.14. The van der Waals surface area contributed by atoms with E-state index in [1.807, 2.05) is 19.9 Å². The Morgan fingerprint density at radius 2 is 1.93 bits per heavy atom. The van der Waals surface area contributed by atoms with Crippen molar-refractivity contribution in [2.45, 2.75) is 26.9 Å². The highest BCUT2D eigenvalue weighted by atomic mass is 19.1. The molecule has 28 heavy (non-hydrogen) atoms. The topological polar surface area (TPSA) is 108 Å². The molecule has 3 heterocycles. The van der Waals surface area contributed by atoms with Crippen LogP contribution in [-0.4, -0.2) is 35.7 Å². The van der Waals surface area contributed by atoms with Crippen LogP contribution in [0.2, 0.25) is 0 Å². The molecule has 1 aromatic carbocycles. The van der Waals surface area contributed by atoms with Crippen molar-refractivity contribution in [1.29, 1.82) is 0 Å². The second kappa shape index (κ2) is 7.14. The summed E-state index contributed by atoms with van der Waals surface area (Å²) in [7, 11) is 0. The molecule has 0 aliphatic rings. The van der Waals surface area contributed by atoms with Gasteiger partial charge in [0.2, 0.25) is 5.82 Å². The number of hydrogen-bond donors (Lipinski definition) is 0. The minimum absolute atomic E-state index is 0.107. The fraction of sp³-hybridized carbons (Fsp3) is 0.222. The molecule has 4 aromatic rings. The summed E-state index contributed by atoms with van der Waals surface area (Å²) >= 11 is 0. The summed E-state index contributed by atoms with van der Waals surface area (Å²) < 4.78 is 24.8. The van der Waals surface area contributed by atoms with Crippen molar-refractivity contribution in [3.05, 3.63) is 59.2 Å². The van der Waals surface area contributed by atoms with Crippen molar-refractivity contribution in [1.82, 2.24) is 29.7 Å². The smallest absolute Gasteiger partial charge is 0.314 e. The van der Waals surface area contributed by atoms with Gasteiger partial charge in [-0.05, 0) is 44.2 Å². The zero-order valence-corrected chi connectivity index (χ0v) is 15.1. The van der Waals surface area contributed by atoms with Gasteiger partial charge in [0.25, 0.3) is 11.7 Å². The van der Waals surface area contributed by atoms with Crippen LogP contribution in [0.25, 0.3) is 17.2 Å². The Balaban J connectivity index is 1.38. The van der Waals surface area contributed by atoms with Crippen LogP contribution in [0.1, 0.15) is 23.0 Å². The Bertz CT molecular complexity index is 1150. The standard InChI is InChI=1S/C18H15FN6O3/c1-10-7-11(2)25-18(20-10)22-14(23-25)8-16(26)27-9-15-21-17(28-24-15)12-3-5-13(19)6-4-12/h3-7H,8-9H2,1-2H3. The minimum atomic E-state index is -0.529. The first-order chi connectivity index (χ1) is 13.5. The van der Waals surface area contributed by atoms with E-state index >= 15 is 0 Å². The van der Waals surface area contributed by atoms with Crippen LogP contribution in [-0.2, 0) is 22.6 Å². The fourth-order valence-electron chi connectivity index (χ4n) is 2.63. The minimum Gasteiger partial charge on any atom is -0.457 e. The lowest BCUT2D eigenvalue weighted by molar-refractivity contribution is -0.144.